The summed E-state index contributed by atoms with van der Waals surface area (Å²) in [6.07, 6.45) is -0.583. The molecule has 0 saturated carbocycles. The molecule has 1 saturated heterocycles. The number of hydrogen-bond donors (Lipinski definition) is 1. The summed E-state index contributed by atoms with van der Waals surface area (Å²) >= 11 is 0. The lowest BCUT2D eigenvalue weighted by molar-refractivity contribution is -0.160. The summed E-state index contributed by atoms with van der Waals surface area (Å²) in [5.41, 5.74) is 0. The maximum Gasteiger partial charge on any atom is 0.336 e. The van der Waals surface area contributed by atoms with Crippen molar-refractivity contribution in [3.63, 3.8) is 0 Å². The summed E-state index contributed by atoms with van der Waals surface area (Å²) in [6.45, 7) is 5.60. The zero-order chi connectivity index (χ0) is 12.8. The third-order valence-corrected chi connectivity index (χ3v) is 2.43. The van der Waals surface area contributed by atoms with Crippen LogP contribution in [-0.4, -0.2) is 62.3 Å². The first-order valence-electron chi connectivity index (χ1n) is 5.74. The fourth-order valence-electron chi connectivity index (χ4n) is 1.69. The van der Waals surface area contributed by atoms with Crippen molar-refractivity contribution in [2.45, 2.75) is 26.0 Å². The van der Waals surface area contributed by atoms with Crippen LogP contribution in [0, 0.1) is 0 Å². The maximum absolute atomic E-state index is 11.6. The molecule has 0 aliphatic carbocycles. The second-order valence-corrected chi connectivity index (χ2v) is 4.34. The Bertz CT molecular complexity index is 281. The molecule has 6 heteroatoms. The summed E-state index contributed by atoms with van der Waals surface area (Å²) in [5.74, 6) is -0.426. The zero-order valence-electron chi connectivity index (χ0n) is 10.6. The van der Waals surface area contributed by atoms with Crippen molar-refractivity contribution in [3.8, 4) is 0 Å². The average Bonchev–Trinajstić information content (AvgIpc) is 2.27. The van der Waals surface area contributed by atoms with Crippen LogP contribution in [0.25, 0.3) is 0 Å². The van der Waals surface area contributed by atoms with Crippen molar-refractivity contribution in [1.82, 2.24) is 10.2 Å². The van der Waals surface area contributed by atoms with Crippen molar-refractivity contribution < 1.29 is 19.1 Å². The van der Waals surface area contributed by atoms with Gasteiger partial charge in [-0.2, -0.15) is 0 Å². The van der Waals surface area contributed by atoms with Gasteiger partial charge >= 0.3 is 5.97 Å². The molecule has 0 aromatic carbocycles. The Labute approximate surface area is 101 Å². The molecule has 1 heterocycles. The van der Waals surface area contributed by atoms with Crippen LogP contribution >= 0.6 is 0 Å². The molecule has 1 fully saturated rings. The molecule has 98 valence electrons. The van der Waals surface area contributed by atoms with E-state index in [1.54, 1.807) is 0 Å². The van der Waals surface area contributed by atoms with E-state index >= 15 is 0 Å². The fraction of sp³-hybridized carbons (Fsp3) is 0.818. The van der Waals surface area contributed by atoms with Gasteiger partial charge in [0, 0.05) is 19.1 Å². The molecule has 1 N–H and O–H groups in total. The van der Waals surface area contributed by atoms with Gasteiger partial charge in [0.05, 0.1) is 20.3 Å². The highest BCUT2D eigenvalue weighted by Crippen LogP contribution is 2.06. The SMILES string of the molecule is COC(=O)C1CN(CC(=O)NC(C)C)CCO1. The van der Waals surface area contributed by atoms with Crippen LogP contribution in [0.15, 0.2) is 0 Å². The van der Waals surface area contributed by atoms with Crippen LogP contribution in [-0.2, 0) is 19.1 Å². The van der Waals surface area contributed by atoms with E-state index in [9.17, 15) is 9.59 Å². The number of carbonyl (C=O) groups excluding carboxylic acids is 2. The van der Waals surface area contributed by atoms with Gasteiger partial charge in [-0.05, 0) is 13.8 Å². The van der Waals surface area contributed by atoms with Crippen LogP contribution < -0.4 is 5.32 Å². The Morgan fingerprint density at radius 2 is 2.24 bits per heavy atom. The van der Waals surface area contributed by atoms with E-state index in [0.29, 0.717) is 19.7 Å². The van der Waals surface area contributed by atoms with Crippen LogP contribution in [0.4, 0.5) is 0 Å². The number of nitrogens with one attached hydrogen (secondary N) is 1. The second kappa shape index (κ2) is 6.56. The predicted octanol–water partition coefficient (Wildman–Crippen LogP) is -0.615. The minimum Gasteiger partial charge on any atom is -0.467 e. The van der Waals surface area contributed by atoms with E-state index in [1.165, 1.54) is 7.11 Å². The molecule has 0 aromatic heterocycles. The van der Waals surface area contributed by atoms with Gasteiger partial charge in [-0.15, -0.1) is 0 Å². The van der Waals surface area contributed by atoms with Gasteiger partial charge in [-0.25, -0.2) is 4.79 Å². The summed E-state index contributed by atoms with van der Waals surface area (Å²) in [5, 5.41) is 2.81. The number of rotatable bonds is 4. The Morgan fingerprint density at radius 1 is 1.53 bits per heavy atom. The van der Waals surface area contributed by atoms with Crippen LogP contribution in [0.2, 0.25) is 0 Å². The molecular formula is C11H20N2O4. The second-order valence-electron chi connectivity index (χ2n) is 4.34. The lowest BCUT2D eigenvalue weighted by Gasteiger charge is -2.30. The van der Waals surface area contributed by atoms with E-state index in [0.717, 1.165) is 0 Å². The van der Waals surface area contributed by atoms with Crippen molar-refractivity contribution in [1.29, 1.82) is 0 Å². The molecule has 1 amide bonds. The predicted molar refractivity (Wildman–Crippen MR) is 61.5 cm³/mol. The molecule has 1 rings (SSSR count). The highest BCUT2D eigenvalue weighted by Gasteiger charge is 2.28. The Morgan fingerprint density at radius 3 is 2.82 bits per heavy atom. The summed E-state index contributed by atoms with van der Waals surface area (Å²) in [6, 6.07) is 0.125. The molecule has 17 heavy (non-hydrogen) atoms. The van der Waals surface area contributed by atoms with Crippen molar-refractivity contribution in [2.75, 3.05) is 33.4 Å². The van der Waals surface area contributed by atoms with Crippen molar-refractivity contribution in [2.24, 2.45) is 0 Å². The number of carbonyl (C=O) groups is 2. The van der Waals surface area contributed by atoms with E-state index in [2.05, 4.69) is 10.1 Å². The summed E-state index contributed by atoms with van der Waals surface area (Å²) in [7, 11) is 1.33. The monoisotopic (exact) mass is 244 g/mol. The molecule has 1 unspecified atom stereocenters. The smallest absolute Gasteiger partial charge is 0.336 e. The van der Waals surface area contributed by atoms with Gasteiger partial charge < -0.3 is 14.8 Å². The number of methoxy groups -OCH3 is 1. The van der Waals surface area contributed by atoms with Crippen LogP contribution in [0.5, 0.6) is 0 Å². The molecule has 0 bridgehead atoms. The molecular weight excluding hydrogens is 224 g/mol. The molecule has 6 nitrogen and oxygen atoms in total. The lowest BCUT2D eigenvalue weighted by atomic mass is 10.2. The van der Waals surface area contributed by atoms with E-state index in [-0.39, 0.29) is 24.5 Å². The Hall–Kier alpha value is -1.14. The number of amides is 1. The van der Waals surface area contributed by atoms with E-state index in [1.807, 2.05) is 18.7 Å². The van der Waals surface area contributed by atoms with Crippen molar-refractivity contribution >= 4 is 11.9 Å². The normalized spacial score (nSPS) is 21.3. The largest absolute Gasteiger partial charge is 0.467 e. The standard InChI is InChI=1S/C11H20N2O4/c1-8(2)12-10(14)7-13-4-5-17-9(6-13)11(15)16-3/h8-9H,4-7H2,1-3H3,(H,12,14). The number of nitrogens with zero attached hydrogens (tertiary/aromatic N) is 1. The third kappa shape index (κ3) is 4.70. The summed E-state index contributed by atoms with van der Waals surface area (Å²) in [4.78, 5) is 24.8. The fourth-order valence-corrected chi connectivity index (χ4v) is 1.69. The van der Waals surface area contributed by atoms with E-state index < -0.39 is 6.10 Å². The highest BCUT2D eigenvalue weighted by molar-refractivity contribution is 5.78. The number of hydrogen-bond acceptors (Lipinski definition) is 5. The lowest BCUT2D eigenvalue weighted by Crippen LogP contribution is -2.50. The maximum atomic E-state index is 11.6. The van der Waals surface area contributed by atoms with Gasteiger partial charge in [0.1, 0.15) is 0 Å². The van der Waals surface area contributed by atoms with Crippen LogP contribution in [0.3, 0.4) is 0 Å². The third-order valence-electron chi connectivity index (χ3n) is 2.43. The molecule has 0 aromatic rings. The number of esters is 1. The van der Waals surface area contributed by atoms with Gasteiger partial charge in [0.25, 0.3) is 0 Å². The first kappa shape index (κ1) is 13.9. The Balaban J connectivity index is 2.39. The number of ether oxygens (including phenoxy) is 2. The highest BCUT2D eigenvalue weighted by atomic mass is 16.6. The molecule has 0 radical (unpaired) electrons. The van der Waals surface area contributed by atoms with Gasteiger partial charge in [-0.1, -0.05) is 0 Å². The average molecular weight is 244 g/mol. The minimum atomic E-state index is -0.583. The minimum absolute atomic E-state index is 0.0366. The van der Waals surface area contributed by atoms with Gasteiger partial charge in [-0.3, -0.25) is 9.69 Å². The number of morpholine rings is 1. The van der Waals surface area contributed by atoms with Crippen molar-refractivity contribution in [3.05, 3.63) is 0 Å². The molecule has 1 aliphatic heterocycles. The Kier molecular flexibility index (Phi) is 5.37. The first-order chi connectivity index (χ1) is 8.02. The quantitative estimate of drug-likeness (QED) is 0.668. The zero-order valence-corrected chi connectivity index (χ0v) is 10.6. The molecule has 0 spiro atoms. The van der Waals surface area contributed by atoms with Gasteiger partial charge in [0.15, 0.2) is 6.10 Å². The molecule has 1 atom stereocenters. The van der Waals surface area contributed by atoms with E-state index in [4.69, 9.17) is 4.74 Å². The first-order valence-corrected chi connectivity index (χ1v) is 5.74. The molecule has 1 aliphatic rings. The summed E-state index contributed by atoms with van der Waals surface area (Å²) < 4.78 is 9.89. The van der Waals surface area contributed by atoms with Gasteiger partial charge in [0.2, 0.25) is 5.91 Å². The van der Waals surface area contributed by atoms with Crippen LogP contribution in [0.1, 0.15) is 13.8 Å². The topological polar surface area (TPSA) is 67.9 Å².